The summed E-state index contributed by atoms with van der Waals surface area (Å²) < 4.78 is 5.20. The Kier molecular flexibility index (Phi) is 5.66. The number of anilines is 3. The molecule has 2 aromatic rings. The smallest absolute Gasteiger partial charge is 0.244 e. The van der Waals surface area contributed by atoms with Crippen LogP contribution in [0.25, 0.3) is 0 Å². The monoisotopic (exact) mass is 385 g/mol. The van der Waals surface area contributed by atoms with Crippen LogP contribution < -0.4 is 20.3 Å². The highest BCUT2D eigenvalue weighted by Gasteiger charge is 2.26. The second-order valence-electron chi connectivity index (χ2n) is 5.88. The van der Waals surface area contributed by atoms with Gasteiger partial charge in [-0.3, -0.25) is 14.4 Å². The Balaban J connectivity index is 1.75. The van der Waals surface area contributed by atoms with Gasteiger partial charge in [0.25, 0.3) is 0 Å². The van der Waals surface area contributed by atoms with Gasteiger partial charge in [-0.15, -0.1) is 11.8 Å². The van der Waals surface area contributed by atoms with Crippen LogP contribution in [0, 0.1) is 0 Å². The summed E-state index contributed by atoms with van der Waals surface area (Å²) in [6.45, 7) is 1.31. The summed E-state index contributed by atoms with van der Waals surface area (Å²) in [6, 6.07) is 12.4. The molecule has 3 rings (SSSR count). The van der Waals surface area contributed by atoms with Crippen molar-refractivity contribution < 1.29 is 19.1 Å². The van der Waals surface area contributed by atoms with E-state index in [0.29, 0.717) is 22.9 Å². The average Bonchev–Trinajstić information content (AvgIpc) is 2.64. The Morgan fingerprint density at radius 3 is 2.70 bits per heavy atom. The highest BCUT2D eigenvalue weighted by molar-refractivity contribution is 8.00. The molecule has 0 unspecified atom stereocenters. The maximum absolute atomic E-state index is 12.5. The number of nitrogens with one attached hydrogen (secondary N) is 2. The van der Waals surface area contributed by atoms with Crippen molar-refractivity contribution >= 4 is 46.5 Å². The van der Waals surface area contributed by atoms with E-state index < -0.39 is 0 Å². The molecule has 140 valence electrons. The number of nitrogens with zero attached hydrogens (tertiary/aromatic N) is 1. The standard InChI is InChI=1S/C19H19N3O4S/c1-12(23)20-14-9-13(7-8-16(14)26-2)21-18(24)10-22-15-5-3-4-6-17(15)27-11-19(22)25/h3-9H,10-11H2,1-2H3,(H,20,23)(H,21,24). The molecule has 3 amide bonds. The highest BCUT2D eigenvalue weighted by atomic mass is 32.2. The van der Waals surface area contributed by atoms with Gasteiger partial charge in [-0.2, -0.15) is 0 Å². The molecule has 0 atom stereocenters. The molecule has 2 N–H and O–H groups in total. The molecular weight excluding hydrogens is 366 g/mol. The fraction of sp³-hybridized carbons (Fsp3) is 0.211. The Labute approximate surface area is 161 Å². The summed E-state index contributed by atoms with van der Waals surface area (Å²) in [5, 5.41) is 5.42. The van der Waals surface area contributed by atoms with E-state index in [1.807, 2.05) is 24.3 Å². The number of para-hydroxylation sites is 1. The topological polar surface area (TPSA) is 87.7 Å². The molecule has 0 saturated carbocycles. The lowest BCUT2D eigenvalue weighted by molar-refractivity contribution is -0.120. The van der Waals surface area contributed by atoms with Crippen molar-refractivity contribution in [2.45, 2.75) is 11.8 Å². The molecule has 0 aromatic heterocycles. The van der Waals surface area contributed by atoms with Crippen molar-refractivity contribution in [2.75, 3.05) is 34.9 Å². The zero-order valence-electron chi connectivity index (χ0n) is 14.9. The van der Waals surface area contributed by atoms with Crippen molar-refractivity contribution in [3.63, 3.8) is 0 Å². The van der Waals surface area contributed by atoms with Crippen LogP contribution in [0.3, 0.4) is 0 Å². The van der Waals surface area contributed by atoms with Crippen LogP contribution in [0.5, 0.6) is 5.75 Å². The van der Waals surface area contributed by atoms with Gasteiger partial charge in [0.2, 0.25) is 17.7 Å². The zero-order valence-corrected chi connectivity index (χ0v) is 15.8. The molecule has 27 heavy (non-hydrogen) atoms. The maximum atomic E-state index is 12.5. The van der Waals surface area contributed by atoms with E-state index in [9.17, 15) is 14.4 Å². The molecule has 7 nitrogen and oxygen atoms in total. The molecule has 0 spiro atoms. The quantitative estimate of drug-likeness (QED) is 0.826. The first-order chi connectivity index (χ1) is 13.0. The maximum Gasteiger partial charge on any atom is 0.244 e. The van der Waals surface area contributed by atoms with Crippen molar-refractivity contribution in [3.05, 3.63) is 42.5 Å². The van der Waals surface area contributed by atoms with E-state index in [4.69, 9.17) is 4.74 Å². The van der Waals surface area contributed by atoms with Gasteiger partial charge in [0.05, 0.1) is 24.2 Å². The van der Waals surface area contributed by atoms with Gasteiger partial charge < -0.3 is 20.3 Å². The Bertz CT molecular complexity index is 900. The summed E-state index contributed by atoms with van der Waals surface area (Å²) in [5.74, 6) is 0.108. The average molecular weight is 385 g/mol. The minimum absolute atomic E-state index is 0.0854. The Hall–Kier alpha value is -3.00. The van der Waals surface area contributed by atoms with Gasteiger partial charge in [0.15, 0.2) is 0 Å². The molecule has 8 heteroatoms. The summed E-state index contributed by atoms with van der Waals surface area (Å²) in [7, 11) is 1.50. The molecule has 0 radical (unpaired) electrons. The number of rotatable bonds is 5. The SMILES string of the molecule is COc1ccc(NC(=O)CN2C(=O)CSc3ccccc32)cc1NC(C)=O. The number of amides is 3. The van der Waals surface area contributed by atoms with Crippen LogP contribution >= 0.6 is 11.8 Å². The van der Waals surface area contributed by atoms with Crippen LogP contribution in [-0.4, -0.2) is 37.1 Å². The third-order valence-electron chi connectivity index (χ3n) is 3.90. The number of carbonyl (C=O) groups is 3. The number of benzene rings is 2. The largest absolute Gasteiger partial charge is 0.495 e. The van der Waals surface area contributed by atoms with Crippen LogP contribution in [0.4, 0.5) is 17.1 Å². The van der Waals surface area contributed by atoms with Crippen LogP contribution in [0.2, 0.25) is 0 Å². The van der Waals surface area contributed by atoms with Gasteiger partial charge in [-0.05, 0) is 30.3 Å². The first-order valence-corrected chi connectivity index (χ1v) is 9.24. The van der Waals surface area contributed by atoms with Gasteiger partial charge in [0.1, 0.15) is 12.3 Å². The summed E-state index contributed by atoms with van der Waals surface area (Å²) in [5.41, 5.74) is 1.69. The number of fused-ring (bicyclic) bond motifs is 1. The molecule has 0 aliphatic carbocycles. The van der Waals surface area contributed by atoms with Crippen molar-refractivity contribution in [1.82, 2.24) is 0 Å². The number of hydrogen-bond acceptors (Lipinski definition) is 5. The lowest BCUT2D eigenvalue weighted by Gasteiger charge is -2.28. The fourth-order valence-corrected chi connectivity index (χ4v) is 3.68. The molecule has 2 aromatic carbocycles. The molecule has 1 aliphatic rings. The lowest BCUT2D eigenvalue weighted by atomic mass is 10.2. The minimum Gasteiger partial charge on any atom is -0.495 e. The summed E-state index contributed by atoms with van der Waals surface area (Å²) in [6.07, 6.45) is 0. The van der Waals surface area contributed by atoms with Gasteiger partial charge >= 0.3 is 0 Å². The minimum atomic E-state index is -0.330. The van der Waals surface area contributed by atoms with E-state index in [1.54, 1.807) is 18.2 Å². The normalized spacial score (nSPS) is 13.0. The van der Waals surface area contributed by atoms with E-state index in [1.165, 1.54) is 30.7 Å². The summed E-state index contributed by atoms with van der Waals surface area (Å²) in [4.78, 5) is 38.5. The number of carbonyl (C=O) groups excluding carboxylic acids is 3. The molecule has 0 fully saturated rings. The second kappa shape index (κ2) is 8.13. The fourth-order valence-electron chi connectivity index (χ4n) is 2.74. The van der Waals surface area contributed by atoms with Gasteiger partial charge in [-0.1, -0.05) is 12.1 Å². The van der Waals surface area contributed by atoms with E-state index in [0.717, 1.165) is 10.6 Å². The van der Waals surface area contributed by atoms with E-state index in [2.05, 4.69) is 10.6 Å². The van der Waals surface area contributed by atoms with Crippen molar-refractivity contribution in [3.8, 4) is 5.75 Å². The zero-order chi connectivity index (χ0) is 19.4. The van der Waals surface area contributed by atoms with Crippen LogP contribution in [0.1, 0.15) is 6.92 Å². The molecule has 1 aliphatic heterocycles. The number of thioether (sulfide) groups is 1. The number of hydrogen-bond donors (Lipinski definition) is 2. The van der Waals surface area contributed by atoms with Gasteiger partial charge in [-0.25, -0.2) is 0 Å². The Morgan fingerprint density at radius 1 is 1.19 bits per heavy atom. The van der Waals surface area contributed by atoms with E-state index >= 15 is 0 Å². The van der Waals surface area contributed by atoms with Crippen molar-refractivity contribution in [2.24, 2.45) is 0 Å². The predicted octanol–water partition coefficient (Wildman–Crippen LogP) is 2.73. The molecule has 1 heterocycles. The third kappa shape index (κ3) is 4.40. The highest BCUT2D eigenvalue weighted by Crippen LogP contribution is 2.35. The molecule has 0 saturated heterocycles. The number of ether oxygens (including phenoxy) is 1. The predicted molar refractivity (Wildman–Crippen MR) is 105 cm³/mol. The third-order valence-corrected chi connectivity index (χ3v) is 4.95. The molecular formula is C19H19N3O4S. The second-order valence-corrected chi connectivity index (χ2v) is 6.90. The lowest BCUT2D eigenvalue weighted by Crippen LogP contribution is -2.41. The Morgan fingerprint density at radius 2 is 1.96 bits per heavy atom. The number of methoxy groups -OCH3 is 1. The van der Waals surface area contributed by atoms with Gasteiger partial charge in [0, 0.05) is 17.5 Å². The van der Waals surface area contributed by atoms with Crippen LogP contribution in [0.15, 0.2) is 47.4 Å². The summed E-state index contributed by atoms with van der Waals surface area (Å²) >= 11 is 1.47. The first kappa shape index (κ1) is 18.8. The first-order valence-electron chi connectivity index (χ1n) is 8.25. The van der Waals surface area contributed by atoms with Crippen molar-refractivity contribution in [1.29, 1.82) is 0 Å². The van der Waals surface area contributed by atoms with E-state index in [-0.39, 0.29) is 24.3 Å². The molecule has 0 bridgehead atoms. The van der Waals surface area contributed by atoms with Crippen LogP contribution in [-0.2, 0) is 14.4 Å².